The Balaban J connectivity index is 2.34. The van der Waals surface area contributed by atoms with Crippen molar-refractivity contribution >= 4 is 40.2 Å². The number of benzene rings is 2. The summed E-state index contributed by atoms with van der Waals surface area (Å²) in [6.45, 7) is 0. The van der Waals surface area contributed by atoms with E-state index in [1.807, 2.05) is 0 Å². The summed E-state index contributed by atoms with van der Waals surface area (Å²) in [5.41, 5.74) is 6.52. The number of hydrogen-bond donors (Lipinski definition) is 2. The predicted molar refractivity (Wildman–Crippen MR) is 77.0 cm³/mol. The van der Waals surface area contributed by atoms with Crippen LogP contribution in [0.3, 0.4) is 0 Å². The van der Waals surface area contributed by atoms with Crippen LogP contribution in [0.25, 0.3) is 0 Å². The summed E-state index contributed by atoms with van der Waals surface area (Å²) in [4.78, 5) is 0.213. The zero-order chi connectivity index (χ0) is 14.0. The van der Waals surface area contributed by atoms with Crippen LogP contribution in [0.5, 0.6) is 0 Å². The summed E-state index contributed by atoms with van der Waals surface area (Å²) >= 11 is 10.8. The summed E-state index contributed by atoms with van der Waals surface area (Å²) in [6, 6.07) is 8.66. The summed E-state index contributed by atoms with van der Waals surface area (Å²) < 4.78 is 26.6. The number of halogens is 3. The van der Waals surface area contributed by atoms with Crippen molar-refractivity contribution in [1.29, 1.82) is 0 Å². The Morgan fingerprint density at radius 2 is 1.89 bits per heavy atom. The standard InChI is InChI=1S/C13H9ClF2N2S/c14-8-6-7(13(17)19)4-5-10(8)18-11-3-1-2-9(15)12(11)16/h1-6,18H,(H2,17,19). The Kier molecular flexibility index (Phi) is 3.97. The van der Waals surface area contributed by atoms with Gasteiger partial charge in [-0.1, -0.05) is 29.9 Å². The van der Waals surface area contributed by atoms with E-state index < -0.39 is 11.6 Å². The molecule has 0 spiro atoms. The van der Waals surface area contributed by atoms with Gasteiger partial charge in [0, 0.05) is 5.56 Å². The molecule has 0 radical (unpaired) electrons. The highest BCUT2D eigenvalue weighted by atomic mass is 35.5. The van der Waals surface area contributed by atoms with Crippen molar-refractivity contribution in [2.45, 2.75) is 0 Å². The summed E-state index contributed by atoms with van der Waals surface area (Å²) in [7, 11) is 0. The average Bonchev–Trinajstić information content (AvgIpc) is 2.37. The molecule has 0 aliphatic rings. The Morgan fingerprint density at radius 1 is 1.16 bits per heavy atom. The number of rotatable bonds is 3. The van der Waals surface area contributed by atoms with Gasteiger partial charge >= 0.3 is 0 Å². The molecule has 2 nitrogen and oxygen atoms in total. The van der Waals surface area contributed by atoms with Gasteiger partial charge < -0.3 is 11.1 Å². The van der Waals surface area contributed by atoms with Gasteiger partial charge in [-0.25, -0.2) is 8.78 Å². The van der Waals surface area contributed by atoms with E-state index in [0.29, 0.717) is 16.3 Å². The van der Waals surface area contributed by atoms with Crippen LogP contribution in [0, 0.1) is 11.6 Å². The quantitative estimate of drug-likeness (QED) is 0.841. The van der Waals surface area contributed by atoms with Crippen LogP contribution in [-0.2, 0) is 0 Å². The van der Waals surface area contributed by atoms with Crippen molar-refractivity contribution in [3.05, 3.63) is 58.6 Å². The molecule has 0 bridgehead atoms. The highest BCUT2D eigenvalue weighted by Gasteiger charge is 2.10. The minimum absolute atomic E-state index is 0.00461. The molecular weight excluding hydrogens is 290 g/mol. The van der Waals surface area contributed by atoms with E-state index in [0.717, 1.165) is 6.07 Å². The molecule has 0 atom stereocenters. The Hall–Kier alpha value is -1.72. The molecule has 0 aliphatic carbocycles. The van der Waals surface area contributed by atoms with Gasteiger partial charge in [-0.2, -0.15) is 0 Å². The van der Waals surface area contributed by atoms with Crippen molar-refractivity contribution in [1.82, 2.24) is 0 Å². The second-order valence-electron chi connectivity index (χ2n) is 3.79. The number of thiocarbonyl (C=S) groups is 1. The summed E-state index contributed by atoms with van der Waals surface area (Å²) in [5.74, 6) is -1.89. The minimum atomic E-state index is -0.961. The maximum absolute atomic E-state index is 13.5. The van der Waals surface area contributed by atoms with Crippen LogP contribution >= 0.6 is 23.8 Å². The third kappa shape index (κ3) is 3.00. The molecule has 0 fully saturated rings. The molecule has 0 heterocycles. The van der Waals surface area contributed by atoms with E-state index in [-0.39, 0.29) is 10.7 Å². The third-order valence-electron chi connectivity index (χ3n) is 2.47. The fourth-order valence-corrected chi connectivity index (χ4v) is 1.87. The van der Waals surface area contributed by atoms with Crippen molar-refractivity contribution in [3.63, 3.8) is 0 Å². The number of hydrogen-bond acceptors (Lipinski definition) is 2. The van der Waals surface area contributed by atoms with Gasteiger partial charge in [0.05, 0.1) is 16.4 Å². The maximum Gasteiger partial charge on any atom is 0.182 e. The zero-order valence-corrected chi connectivity index (χ0v) is 11.2. The van der Waals surface area contributed by atoms with E-state index in [4.69, 9.17) is 29.6 Å². The first-order valence-corrected chi connectivity index (χ1v) is 6.08. The predicted octanol–water partition coefficient (Wildman–Crippen LogP) is 4.00. The molecule has 2 aromatic rings. The molecule has 0 saturated carbocycles. The lowest BCUT2D eigenvalue weighted by atomic mass is 10.2. The SMILES string of the molecule is NC(=S)c1ccc(Nc2cccc(F)c2F)c(Cl)c1. The molecule has 0 aromatic heterocycles. The molecule has 2 rings (SSSR count). The second kappa shape index (κ2) is 5.50. The largest absolute Gasteiger partial charge is 0.389 e. The van der Waals surface area contributed by atoms with Crippen LogP contribution in [0.15, 0.2) is 36.4 Å². The molecule has 0 unspecified atom stereocenters. The summed E-state index contributed by atoms with van der Waals surface area (Å²) in [6.07, 6.45) is 0. The van der Waals surface area contributed by atoms with Gasteiger partial charge in [0.25, 0.3) is 0 Å². The van der Waals surface area contributed by atoms with Crippen LogP contribution < -0.4 is 11.1 Å². The first-order chi connectivity index (χ1) is 8.99. The zero-order valence-electron chi connectivity index (χ0n) is 9.58. The fraction of sp³-hybridized carbons (Fsp3) is 0. The molecule has 6 heteroatoms. The Morgan fingerprint density at radius 3 is 2.53 bits per heavy atom. The number of anilines is 2. The number of nitrogens with one attached hydrogen (secondary N) is 1. The van der Waals surface area contributed by atoms with Gasteiger partial charge in [-0.05, 0) is 30.3 Å². The van der Waals surface area contributed by atoms with Gasteiger partial charge in [0.2, 0.25) is 0 Å². The minimum Gasteiger partial charge on any atom is -0.389 e. The van der Waals surface area contributed by atoms with Crippen molar-refractivity contribution < 1.29 is 8.78 Å². The first kappa shape index (κ1) is 13.7. The van der Waals surface area contributed by atoms with Crippen LogP contribution in [0.4, 0.5) is 20.2 Å². The van der Waals surface area contributed by atoms with Crippen LogP contribution in [0.1, 0.15) is 5.56 Å². The molecular formula is C13H9ClF2N2S. The lowest BCUT2D eigenvalue weighted by molar-refractivity contribution is 0.512. The van der Waals surface area contributed by atoms with Gasteiger partial charge in [-0.3, -0.25) is 0 Å². The van der Waals surface area contributed by atoms with Gasteiger partial charge in [-0.15, -0.1) is 0 Å². The maximum atomic E-state index is 13.5. The fourth-order valence-electron chi connectivity index (χ4n) is 1.52. The number of nitrogens with two attached hydrogens (primary N) is 1. The monoisotopic (exact) mass is 298 g/mol. The van der Waals surface area contributed by atoms with Crippen molar-refractivity contribution in [3.8, 4) is 0 Å². The van der Waals surface area contributed by atoms with Crippen LogP contribution in [0.2, 0.25) is 5.02 Å². The molecule has 0 saturated heterocycles. The first-order valence-electron chi connectivity index (χ1n) is 5.29. The highest BCUT2D eigenvalue weighted by Crippen LogP contribution is 2.28. The normalized spacial score (nSPS) is 10.3. The summed E-state index contributed by atoms with van der Waals surface area (Å²) in [5, 5.41) is 3.03. The highest BCUT2D eigenvalue weighted by molar-refractivity contribution is 7.80. The van der Waals surface area contributed by atoms with E-state index in [9.17, 15) is 8.78 Å². The van der Waals surface area contributed by atoms with E-state index in [1.165, 1.54) is 12.1 Å². The molecule has 98 valence electrons. The van der Waals surface area contributed by atoms with Gasteiger partial charge in [0.15, 0.2) is 11.6 Å². The van der Waals surface area contributed by atoms with E-state index in [2.05, 4.69) is 5.32 Å². The molecule has 19 heavy (non-hydrogen) atoms. The molecule has 3 N–H and O–H groups in total. The lowest BCUT2D eigenvalue weighted by Crippen LogP contribution is -2.09. The lowest BCUT2D eigenvalue weighted by Gasteiger charge is -2.10. The van der Waals surface area contributed by atoms with Crippen molar-refractivity contribution in [2.24, 2.45) is 5.73 Å². The topological polar surface area (TPSA) is 38.0 Å². The van der Waals surface area contributed by atoms with Gasteiger partial charge in [0.1, 0.15) is 4.99 Å². The Labute approximate surface area is 119 Å². The second-order valence-corrected chi connectivity index (χ2v) is 4.63. The third-order valence-corrected chi connectivity index (χ3v) is 3.02. The Bertz CT molecular complexity index is 647. The molecule has 0 aliphatic heterocycles. The van der Waals surface area contributed by atoms with Crippen molar-refractivity contribution in [2.75, 3.05) is 5.32 Å². The molecule has 0 amide bonds. The average molecular weight is 299 g/mol. The van der Waals surface area contributed by atoms with E-state index >= 15 is 0 Å². The van der Waals surface area contributed by atoms with E-state index in [1.54, 1.807) is 18.2 Å². The van der Waals surface area contributed by atoms with Crippen LogP contribution in [-0.4, -0.2) is 4.99 Å². The smallest absolute Gasteiger partial charge is 0.182 e. The molecule has 2 aromatic carbocycles.